The number of nitrogens with two attached hydrogens (primary N) is 1. The molecule has 0 spiro atoms. The molecule has 3 nitrogen and oxygen atoms in total. The molecule has 3 heteroatoms. The maximum atomic E-state index is 9.08. The summed E-state index contributed by atoms with van der Waals surface area (Å²) in [5.74, 6) is 5.40. The number of hydrogen-bond donors (Lipinski definition) is 2. The van der Waals surface area contributed by atoms with Gasteiger partial charge in [0.15, 0.2) is 0 Å². The molecule has 1 unspecified atom stereocenters. The summed E-state index contributed by atoms with van der Waals surface area (Å²) < 4.78 is 0. The second-order valence-corrected chi connectivity index (χ2v) is 5.21. The Morgan fingerprint density at radius 3 is 1.81 bits per heavy atom. The Kier molecular flexibility index (Phi) is 3.37. The number of hydrogen-bond acceptors (Lipinski definition) is 3. The number of nitriles is 1. The summed E-state index contributed by atoms with van der Waals surface area (Å²) in [6, 6.07) is 10.2. The lowest BCUT2D eigenvalue weighted by molar-refractivity contribution is 0.481. The molecule has 0 heterocycles. The number of nitrogens with one attached hydrogen (secondary N) is 1. The number of rotatable bonds is 2. The average Bonchev–Trinajstić information content (AvgIpc) is 2.27. The van der Waals surface area contributed by atoms with E-state index in [0.717, 1.165) is 5.56 Å². The van der Waals surface area contributed by atoms with Gasteiger partial charge in [0.25, 0.3) is 0 Å². The van der Waals surface area contributed by atoms with Gasteiger partial charge < -0.3 is 0 Å². The summed E-state index contributed by atoms with van der Waals surface area (Å²) in [4.78, 5) is 0. The predicted octanol–water partition coefficient (Wildman–Crippen LogP) is 2.19. The maximum Gasteiger partial charge on any atom is 0.141 e. The molecule has 0 saturated heterocycles. The van der Waals surface area contributed by atoms with Gasteiger partial charge in [-0.3, -0.25) is 5.84 Å². The van der Waals surface area contributed by atoms with Gasteiger partial charge in [-0.05, 0) is 23.5 Å². The van der Waals surface area contributed by atoms with Crippen LogP contribution in [0.25, 0.3) is 0 Å². The molecule has 3 N–H and O–H groups in total. The van der Waals surface area contributed by atoms with E-state index in [9.17, 15) is 0 Å². The third kappa shape index (κ3) is 2.41. The van der Waals surface area contributed by atoms with Crippen molar-refractivity contribution in [3.05, 3.63) is 35.4 Å². The van der Waals surface area contributed by atoms with Gasteiger partial charge in [0.2, 0.25) is 0 Å². The lowest BCUT2D eigenvalue weighted by atomic mass is 9.85. The van der Waals surface area contributed by atoms with Gasteiger partial charge in [-0.15, -0.1) is 0 Å². The fourth-order valence-corrected chi connectivity index (χ4v) is 1.48. The van der Waals surface area contributed by atoms with E-state index >= 15 is 0 Å². The molecule has 0 aliphatic rings. The van der Waals surface area contributed by atoms with Gasteiger partial charge >= 0.3 is 0 Å². The minimum atomic E-state index is -0.823. The van der Waals surface area contributed by atoms with Crippen molar-refractivity contribution in [2.45, 2.75) is 38.6 Å². The van der Waals surface area contributed by atoms with Crippen LogP contribution in [-0.2, 0) is 11.0 Å². The maximum absolute atomic E-state index is 9.08. The summed E-state index contributed by atoms with van der Waals surface area (Å²) in [6.45, 7) is 8.24. The Morgan fingerprint density at radius 2 is 1.50 bits per heavy atom. The Labute approximate surface area is 97.2 Å². The van der Waals surface area contributed by atoms with Crippen molar-refractivity contribution < 1.29 is 0 Å². The van der Waals surface area contributed by atoms with Crippen molar-refractivity contribution in [3.8, 4) is 6.07 Å². The van der Waals surface area contributed by atoms with E-state index in [1.807, 2.05) is 24.3 Å². The average molecular weight is 217 g/mol. The summed E-state index contributed by atoms with van der Waals surface area (Å²) in [7, 11) is 0. The molecular weight excluding hydrogens is 198 g/mol. The minimum Gasteiger partial charge on any atom is -0.270 e. The Hall–Kier alpha value is -1.37. The molecular formula is C13H19N3. The van der Waals surface area contributed by atoms with Crippen LogP contribution in [0.1, 0.15) is 38.8 Å². The molecule has 0 saturated carbocycles. The van der Waals surface area contributed by atoms with Crippen LogP contribution in [0, 0.1) is 11.3 Å². The van der Waals surface area contributed by atoms with E-state index in [1.54, 1.807) is 6.92 Å². The fraction of sp³-hybridized carbons (Fsp3) is 0.462. The van der Waals surface area contributed by atoms with Gasteiger partial charge in [0.05, 0.1) is 6.07 Å². The zero-order valence-corrected chi connectivity index (χ0v) is 10.3. The molecule has 1 atom stereocenters. The first-order valence-electron chi connectivity index (χ1n) is 5.33. The highest BCUT2D eigenvalue weighted by atomic mass is 15.3. The second-order valence-electron chi connectivity index (χ2n) is 5.21. The second kappa shape index (κ2) is 4.25. The molecule has 0 aromatic heterocycles. The largest absolute Gasteiger partial charge is 0.270 e. The first kappa shape index (κ1) is 12.7. The van der Waals surface area contributed by atoms with Crippen molar-refractivity contribution in [1.29, 1.82) is 5.26 Å². The van der Waals surface area contributed by atoms with Crippen LogP contribution in [0.4, 0.5) is 0 Å². The van der Waals surface area contributed by atoms with Crippen molar-refractivity contribution in [2.75, 3.05) is 0 Å². The minimum absolute atomic E-state index is 0.123. The SMILES string of the molecule is CC(C)(C)c1ccc(C(C)(C#N)NN)cc1. The molecule has 0 bridgehead atoms. The van der Waals surface area contributed by atoms with Gasteiger partial charge in [0, 0.05) is 0 Å². The van der Waals surface area contributed by atoms with E-state index in [4.69, 9.17) is 11.1 Å². The van der Waals surface area contributed by atoms with Gasteiger partial charge in [0.1, 0.15) is 5.54 Å². The standard InChI is InChI=1S/C13H19N3/c1-12(2,3)10-5-7-11(8-6-10)13(4,9-14)16-15/h5-8,16H,15H2,1-4H3. The highest BCUT2D eigenvalue weighted by molar-refractivity contribution is 5.34. The molecule has 86 valence electrons. The van der Waals surface area contributed by atoms with E-state index in [1.165, 1.54) is 5.56 Å². The van der Waals surface area contributed by atoms with Crippen molar-refractivity contribution in [3.63, 3.8) is 0 Å². The number of nitrogens with zero attached hydrogens (tertiary/aromatic N) is 1. The van der Waals surface area contributed by atoms with E-state index in [-0.39, 0.29) is 5.41 Å². The van der Waals surface area contributed by atoms with E-state index in [0.29, 0.717) is 0 Å². The third-order valence-electron chi connectivity index (χ3n) is 2.84. The molecule has 0 aliphatic carbocycles. The van der Waals surface area contributed by atoms with Crippen LogP contribution in [0.5, 0.6) is 0 Å². The van der Waals surface area contributed by atoms with Crippen LogP contribution < -0.4 is 11.3 Å². The summed E-state index contributed by atoms with van der Waals surface area (Å²) in [6.07, 6.45) is 0. The molecule has 0 amide bonds. The molecule has 1 rings (SSSR count). The summed E-state index contributed by atoms with van der Waals surface area (Å²) >= 11 is 0. The highest BCUT2D eigenvalue weighted by Gasteiger charge is 2.24. The van der Waals surface area contributed by atoms with Crippen LogP contribution in [0.2, 0.25) is 0 Å². The van der Waals surface area contributed by atoms with Crippen LogP contribution in [0.15, 0.2) is 24.3 Å². The smallest absolute Gasteiger partial charge is 0.141 e. The third-order valence-corrected chi connectivity index (χ3v) is 2.84. The Balaban J connectivity index is 3.10. The molecule has 0 radical (unpaired) electrons. The topological polar surface area (TPSA) is 61.8 Å². The number of benzene rings is 1. The van der Waals surface area contributed by atoms with Gasteiger partial charge in [-0.2, -0.15) is 5.26 Å². The number of hydrazine groups is 1. The zero-order chi connectivity index (χ0) is 12.4. The highest BCUT2D eigenvalue weighted by Crippen LogP contribution is 2.25. The Morgan fingerprint density at radius 1 is 1.06 bits per heavy atom. The zero-order valence-electron chi connectivity index (χ0n) is 10.3. The monoisotopic (exact) mass is 217 g/mol. The first-order chi connectivity index (χ1) is 7.33. The lowest BCUT2D eigenvalue weighted by Crippen LogP contribution is -2.43. The van der Waals surface area contributed by atoms with Crippen molar-refractivity contribution in [1.82, 2.24) is 5.43 Å². The van der Waals surface area contributed by atoms with E-state index < -0.39 is 5.54 Å². The van der Waals surface area contributed by atoms with Crippen LogP contribution in [0.3, 0.4) is 0 Å². The lowest BCUT2D eigenvalue weighted by Gasteiger charge is -2.23. The first-order valence-corrected chi connectivity index (χ1v) is 5.33. The molecule has 1 aromatic carbocycles. The van der Waals surface area contributed by atoms with Crippen molar-refractivity contribution >= 4 is 0 Å². The van der Waals surface area contributed by atoms with Gasteiger partial charge in [-0.1, -0.05) is 45.0 Å². The molecule has 0 fully saturated rings. The van der Waals surface area contributed by atoms with E-state index in [2.05, 4.69) is 32.3 Å². The Bertz CT molecular complexity index is 395. The normalized spacial score (nSPS) is 15.2. The van der Waals surface area contributed by atoms with Crippen LogP contribution >= 0.6 is 0 Å². The van der Waals surface area contributed by atoms with Gasteiger partial charge in [-0.25, -0.2) is 5.43 Å². The summed E-state index contributed by atoms with van der Waals surface area (Å²) in [5, 5.41) is 9.08. The fourth-order valence-electron chi connectivity index (χ4n) is 1.48. The molecule has 16 heavy (non-hydrogen) atoms. The van der Waals surface area contributed by atoms with Crippen molar-refractivity contribution in [2.24, 2.45) is 5.84 Å². The molecule has 0 aliphatic heterocycles. The predicted molar refractivity (Wildman–Crippen MR) is 65.4 cm³/mol. The molecule has 1 aromatic rings. The van der Waals surface area contributed by atoms with Crippen LogP contribution in [-0.4, -0.2) is 0 Å². The summed E-state index contributed by atoms with van der Waals surface area (Å²) in [5.41, 5.74) is 3.97. The quantitative estimate of drug-likeness (QED) is 0.589.